The number of anilines is 2. The molecule has 2 heterocycles. The first kappa shape index (κ1) is 18.4. The lowest BCUT2D eigenvalue weighted by Gasteiger charge is -2.13. The van der Waals surface area contributed by atoms with Crippen LogP contribution in [0.2, 0.25) is 0 Å². The smallest absolute Gasteiger partial charge is 0.397 e. The number of nitrogen functional groups attached to an aromatic ring is 1. The van der Waals surface area contributed by atoms with E-state index in [2.05, 4.69) is 10.3 Å². The van der Waals surface area contributed by atoms with E-state index in [-0.39, 0.29) is 22.0 Å². The van der Waals surface area contributed by atoms with Gasteiger partial charge in [-0.25, -0.2) is 4.98 Å². The average Bonchev–Trinajstić information content (AvgIpc) is 2.96. The summed E-state index contributed by atoms with van der Waals surface area (Å²) in [4.78, 5) is 29.8. The third kappa shape index (κ3) is 3.22. The maximum Gasteiger partial charge on any atom is 0.416 e. The standard InChI is InChI=1S/C19H14F3N3O2S/c20-19(21,22)9-3-1-4-10(7-9)24-17(27)16-15(23)12-8-11-13(25-18(12)28-16)5-2-6-14(11)26/h1,3-4,7-8H,2,5-6,23H2,(H,24,27). The minimum atomic E-state index is -4.51. The lowest BCUT2D eigenvalue weighted by molar-refractivity contribution is -0.137. The van der Waals surface area contributed by atoms with Crippen molar-refractivity contribution in [3.05, 3.63) is 52.0 Å². The number of rotatable bonds is 2. The molecule has 144 valence electrons. The number of carbonyl (C=O) groups excluding carboxylic acids is 2. The highest BCUT2D eigenvalue weighted by Crippen LogP contribution is 2.36. The van der Waals surface area contributed by atoms with Crippen molar-refractivity contribution in [1.82, 2.24) is 4.98 Å². The molecule has 0 saturated heterocycles. The molecule has 0 saturated carbocycles. The van der Waals surface area contributed by atoms with Crippen LogP contribution in [0.1, 0.15) is 44.1 Å². The molecule has 1 amide bonds. The van der Waals surface area contributed by atoms with Gasteiger partial charge in [-0.1, -0.05) is 6.07 Å². The Morgan fingerprint density at radius 3 is 2.75 bits per heavy atom. The number of thiophene rings is 1. The van der Waals surface area contributed by atoms with E-state index in [0.717, 1.165) is 29.9 Å². The van der Waals surface area contributed by atoms with Crippen molar-refractivity contribution in [3.8, 4) is 0 Å². The Kier molecular flexibility index (Phi) is 4.34. The van der Waals surface area contributed by atoms with Gasteiger partial charge in [0.05, 0.1) is 16.9 Å². The lowest BCUT2D eigenvalue weighted by atomic mass is 9.94. The summed E-state index contributed by atoms with van der Waals surface area (Å²) in [7, 11) is 0. The number of Topliss-reactive ketones (excluding diaryl/α,β-unsaturated/α-hetero) is 1. The van der Waals surface area contributed by atoms with Gasteiger partial charge in [-0.2, -0.15) is 13.2 Å². The number of aromatic nitrogens is 1. The van der Waals surface area contributed by atoms with Gasteiger partial charge in [-0.15, -0.1) is 11.3 Å². The molecule has 0 fully saturated rings. The highest BCUT2D eigenvalue weighted by atomic mass is 32.1. The zero-order valence-electron chi connectivity index (χ0n) is 14.4. The first-order valence-corrected chi connectivity index (χ1v) is 9.29. The summed E-state index contributed by atoms with van der Waals surface area (Å²) in [5.41, 5.74) is 6.62. The largest absolute Gasteiger partial charge is 0.416 e. The average molecular weight is 405 g/mol. The number of alkyl halides is 3. The van der Waals surface area contributed by atoms with Crippen molar-refractivity contribution >= 4 is 44.6 Å². The zero-order chi connectivity index (χ0) is 20.1. The Bertz CT molecular complexity index is 1120. The normalized spacial score (nSPS) is 14.2. The predicted molar refractivity (Wildman–Crippen MR) is 101 cm³/mol. The monoisotopic (exact) mass is 405 g/mol. The molecule has 9 heteroatoms. The SMILES string of the molecule is Nc1c(C(=O)Nc2cccc(C(F)(F)F)c2)sc2nc3c(cc12)C(=O)CCC3. The maximum absolute atomic E-state index is 12.8. The van der Waals surface area contributed by atoms with Crippen LogP contribution in [-0.4, -0.2) is 16.7 Å². The van der Waals surface area contributed by atoms with Crippen LogP contribution in [-0.2, 0) is 12.6 Å². The number of benzene rings is 1. The summed E-state index contributed by atoms with van der Waals surface area (Å²) in [6, 6.07) is 6.03. The van der Waals surface area contributed by atoms with E-state index in [0.29, 0.717) is 34.3 Å². The maximum atomic E-state index is 12.8. The van der Waals surface area contributed by atoms with Crippen molar-refractivity contribution < 1.29 is 22.8 Å². The minimum Gasteiger partial charge on any atom is -0.397 e. The third-order valence-electron chi connectivity index (χ3n) is 4.57. The second-order valence-corrected chi connectivity index (χ2v) is 7.49. The number of carbonyl (C=O) groups is 2. The van der Waals surface area contributed by atoms with E-state index in [4.69, 9.17) is 5.73 Å². The first-order valence-electron chi connectivity index (χ1n) is 8.48. The van der Waals surface area contributed by atoms with Crippen molar-refractivity contribution in [2.45, 2.75) is 25.4 Å². The number of fused-ring (bicyclic) bond motifs is 2. The summed E-state index contributed by atoms with van der Waals surface area (Å²) in [5.74, 6) is -0.625. The summed E-state index contributed by atoms with van der Waals surface area (Å²) < 4.78 is 38.5. The molecular weight excluding hydrogens is 391 g/mol. The van der Waals surface area contributed by atoms with Crippen LogP contribution < -0.4 is 11.1 Å². The second kappa shape index (κ2) is 6.59. The number of amides is 1. The van der Waals surface area contributed by atoms with E-state index in [1.54, 1.807) is 6.07 Å². The first-order chi connectivity index (χ1) is 13.2. The molecule has 0 bridgehead atoms. The zero-order valence-corrected chi connectivity index (χ0v) is 15.2. The summed E-state index contributed by atoms with van der Waals surface area (Å²) in [5, 5.41) is 2.96. The fourth-order valence-corrected chi connectivity index (χ4v) is 4.18. The fourth-order valence-electron chi connectivity index (χ4n) is 3.19. The Morgan fingerprint density at radius 1 is 1.21 bits per heavy atom. The molecule has 0 radical (unpaired) electrons. The van der Waals surface area contributed by atoms with Crippen molar-refractivity contribution in [2.75, 3.05) is 11.1 Å². The molecule has 3 aromatic rings. The van der Waals surface area contributed by atoms with Gasteiger partial charge in [0, 0.05) is 23.1 Å². The van der Waals surface area contributed by atoms with E-state index < -0.39 is 17.6 Å². The summed E-state index contributed by atoms with van der Waals surface area (Å²) in [6.07, 6.45) is -2.64. The van der Waals surface area contributed by atoms with Crippen molar-refractivity contribution in [1.29, 1.82) is 0 Å². The van der Waals surface area contributed by atoms with Crippen LogP contribution in [0.15, 0.2) is 30.3 Å². The summed E-state index contributed by atoms with van der Waals surface area (Å²) in [6.45, 7) is 0. The fraction of sp³-hybridized carbons (Fsp3) is 0.211. The number of nitrogens with zero attached hydrogens (tertiary/aromatic N) is 1. The number of nitrogens with two attached hydrogens (primary N) is 1. The van der Waals surface area contributed by atoms with Crippen LogP contribution in [0.4, 0.5) is 24.5 Å². The van der Waals surface area contributed by atoms with Gasteiger partial charge in [0.1, 0.15) is 9.71 Å². The van der Waals surface area contributed by atoms with Crippen LogP contribution in [0.5, 0.6) is 0 Å². The Hall–Kier alpha value is -2.94. The van der Waals surface area contributed by atoms with E-state index >= 15 is 0 Å². The Morgan fingerprint density at radius 2 is 2.00 bits per heavy atom. The topological polar surface area (TPSA) is 85.1 Å². The van der Waals surface area contributed by atoms with Crippen molar-refractivity contribution in [3.63, 3.8) is 0 Å². The highest BCUT2D eigenvalue weighted by Gasteiger charge is 2.30. The van der Waals surface area contributed by atoms with Crippen LogP contribution in [0.3, 0.4) is 0 Å². The molecule has 0 unspecified atom stereocenters. The molecule has 2 aromatic heterocycles. The number of pyridine rings is 1. The van der Waals surface area contributed by atoms with Crippen molar-refractivity contribution in [2.24, 2.45) is 0 Å². The van der Waals surface area contributed by atoms with Gasteiger partial charge in [0.25, 0.3) is 5.91 Å². The molecule has 0 atom stereocenters. The lowest BCUT2D eigenvalue weighted by Crippen LogP contribution is -2.13. The van der Waals surface area contributed by atoms with Gasteiger partial charge in [-0.3, -0.25) is 9.59 Å². The van der Waals surface area contributed by atoms with E-state index in [1.165, 1.54) is 12.1 Å². The van der Waals surface area contributed by atoms with E-state index in [1.807, 2.05) is 0 Å². The van der Waals surface area contributed by atoms with Gasteiger partial charge in [0.2, 0.25) is 0 Å². The van der Waals surface area contributed by atoms with Crippen LogP contribution >= 0.6 is 11.3 Å². The van der Waals surface area contributed by atoms with Crippen LogP contribution in [0.25, 0.3) is 10.2 Å². The van der Waals surface area contributed by atoms with Gasteiger partial charge < -0.3 is 11.1 Å². The molecule has 0 spiro atoms. The summed E-state index contributed by atoms with van der Waals surface area (Å²) >= 11 is 1.05. The number of aryl methyl sites for hydroxylation is 1. The molecule has 0 aliphatic heterocycles. The molecule has 4 rings (SSSR count). The second-order valence-electron chi connectivity index (χ2n) is 6.49. The van der Waals surface area contributed by atoms with Gasteiger partial charge in [0.15, 0.2) is 5.78 Å². The van der Waals surface area contributed by atoms with Gasteiger partial charge in [-0.05, 0) is 37.1 Å². The highest BCUT2D eigenvalue weighted by molar-refractivity contribution is 7.21. The Labute approximate surface area is 161 Å². The number of ketones is 1. The predicted octanol–water partition coefficient (Wildman–Crippen LogP) is 4.67. The molecule has 1 aliphatic carbocycles. The van der Waals surface area contributed by atoms with E-state index in [9.17, 15) is 22.8 Å². The Balaban J connectivity index is 1.68. The molecule has 28 heavy (non-hydrogen) atoms. The van der Waals surface area contributed by atoms with Crippen LogP contribution in [0, 0.1) is 0 Å². The molecule has 5 nitrogen and oxygen atoms in total. The molecule has 1 aliphatic rings. The minimum absolute atomic E-state index is 0.00350. The molecule has 1 aromatic carbocycles. The number of nitrogens with one attached hydrogen (secondary N) is 1. The number of halogens is 3. The molecular formula is C19H14F3N3O2S. The third-order valence-corrected chi connectivity index (χ3v) is 5.69. The van der Waals surface area contributed by atoms with Gasteiger partial charge >= 0.3 is 6.18 Å². The molecule has 3 N–H and O–H groups in total. The quantitative estimate of drug-likeness (QED) is 0.649. The number of hydrogen-bond acceptors (Lipinski definition) is 5. The number of hydrogen-bond donors (Lipinski definition) is 2.